The smallest absolute Gasteiger partial charge is 0.354 e. The topological polar surface area (TPSA) is 163 Å². The number of piperidine rings is 1. The van der Waals surface area contributed by atoms with Crippen LogP contribution in [-0.2, 0) is 11.2 Å². The summed E-state index contributed by atoms with van der Waals surface area (Å²) in [6.45, 7) is 5.29. The van der Waals surface area contributed by atoms with Crippen LogP contribution in [-0.4, -0.2) is 105 Å². The van der Waals surface area contributed by atoms with Crippen LogP contribution in [0.15, 0.2) is 41.3 Å². The molecular formula is C27H39ClN8O4. The van der Waals surface area contributed by atoms with E-state index in [-0.39, 0.29) is 29.7 Å². The quantitative estimate of drug-likeness (QED) is 0.359. The summed E-state index contributed by atoms with van der Waals surface area (Å²) in [5.41, 5.74) is 12.3. The minimum Gasteiger partial charge on any atom is -0.394 e. The van der Waals surface area contributed by atoms with Crippen LogP contribution in [0.5, 0.6) is 0 Å². The average Bonchev–Trinajstić information content (AvgIpc) is 3.62. The van der Waals surface area contributed by atoms with Crippen LogP contribution in [0.1, 0.15) is 25.3 Å². The monoisotopic (exact) mass is 574 g/mol. The van der Waals surface area contributed by atoms with Gasteiger partial charge >= 0.3 is 11.7 Å². The van der Waals surface area contributed by atoms with Gasteiger partial charge < -0.3 is 31.3 Å². The number of aromatic nitrogens is 2. The number of halogens is 1. The first-order valence-electron chi connectivity index (χ1n) is 13.5. The standard InChI is InChI=1S/C27H38N8O4.ClH/c1-26(28,18-36)23(37)33-12-14-34(15-13-33)24(38)30-22-8-11-35(25(39)31-22)21-4-2-19(3-5-21)6-9-32-10-7-20-16-27(20,29)17-32;/h2-5,8,11,20,36H,6-7,9-10,12-18,28-29H2,1H3,(H,30,31,38,39);1H/t20?,26-,27?;/m1./s1. The maximum Gasteiger partial charge on any atom is 0.354 e. The Kier molecular flexibility index (Phi) is 8.86. The summed E-state index contributed by atoms with van der Waals surface area (Å²) in [7, 11) is 0. The molecule has 1 aromatic carbocycles. The Labute approximate surface area is 239 Å². The van der Waals surface area contributed by atoms with Crippen molar-refractivity contribution >= 4 is 30.2 Å². The number of nitrogens with two attached hydrogens (primary N) is 2. The number of benzene rings is 1. The van der Waals surface area contributed by atoms with Gasteiger partial charge in [0.05, 0.1) is 12.3 Å². The predicted molar refractivity (Wildman–Crippen MR) is 154 cm³/mol. The molecule has 3 amide bonds. The SMILES string of the molecule is C[C@@](N)(CO)C(=O)N1CCN(C(=O)Nc2ccn(-c3ccc(CCN4CCC5CC5(N)C4)cc3)c(=O)n2)CC1.Cl. The maximum absolute atomic E-state index is 12.7. The number of amides is 3. The zero-order chi connectivity index (χ0) is 27.8. The van der Waals surface area contributed by atoms with E-state index in [1.54, 1.807) is 17.2 Å². The normalized spacial score (nSPS) is 23.9. The van der Waals surface area contributed by atoms with E-state index in [2.05, 4.69) is 15.2 Å². The Morgan fingerprint density at radius 3 is 2.42 bits per heavy atom. The van der Waals surface area contributed by atoms with E-state index in [9.17, 15) is 19.5 Å². The van der Waals surface area contributed by atoms with Gasteiger partial charge in [-0.3, -0.25) is 14.7 Å². The molecule has 0 spiro atoms. The van der Waals surface area contributed by atoms with Crippen molar-refractivity contribution in [3.63, 3.8) is 0 Å². The van der Waals surface area contributed by atoms with E-state index in [1.165, 1.54) is 28.4 Å². The minimum absolute atomic E-state index is 0. The van der Waals surface area contributed by atoms with E-state index in [0.29, 0.717) is 37.8 Å². The second kappa shape index (κ2) is 11.8. The molecule has 3 fully saturated rings. The van der Waals surface area contributed by atoms with Crippen LogP contribution in [0.2, 0.25) is 0 Å². The van der Waals surface area contributed by atoms with Gasteiger partial charge in [0.1, 0.15) is 11.4 Å². The third-order valence-corrected chi connectivity index (χ3v) is 8.23. The average molecular weight is 575 g/mol. The number of aliphatic hydroxyl groups is 1. The molecule has 3 atom stereocenters. The van der Waals surface area contributed by atoms with Gasteiger partial charge in [0.2, 0.25) is 5.91 Å². The molecule has 40 heavy (non-hydrogen) atoms. The van der Waals surface area contributed by atoms with Crippen molar-refractivity contribution in [3.05, 3.63) is 52.6 Å². The zero-order valence-corrected chi connectivity index (χ0v) is 23.6. The van der Waals surface area contributed by atoms with E-state index in [0.717, 1.165) is 32.5 Å². The fourth-order valence-corrected chi connectivity index (χ4v) is 5.52. The molecule has 3 heterocycles. The second-order valence-electron chi connectivity index (χ2n) is 11.4. The van der Waals surface area contributed by atoms with Gasteiger partial charge in [-0.1, -0.05) is 12.1 Å². The highest BCUT2D eigenvalue weighted by molar-refractivity contribution is 5.89. The van der Waals surface area contributed by atoms with Crippen molar-refractivity contribution in [1.82, 2.24) is 24.3 Å². The fraction of sp³-hybridized carbons (Fsp3) is 0.556. The number of nitrogens with zero attached hydrogens (tertiary/aromatic N) is 5. The van der Waals surface area contributed by atoms with E-state index in [1.807, 2.05) is 24.3 Å². The van der Waals surface area contributed by atoms with Crippen LogP contribution in [0.3, 0.4) is 0 Å². The highest BCUT2D eigenvalue weighted by Crippen LogP contribution is 2.46. The Morgan fingerprint density at radius 1 is 1.12 bits per heavy atom. The number of anilines is 1. The van der Waals surface area contributed by atoms with Crippen molar-refractivity contribution in [1.29, 1.82) is 0 Å². The molecule has 5 rings (SSSR count). The Morgan fingerprint density at radius 2 is 1.80 bits per heavy atom. The minimum atomic E-state index is -1.35. The van der Waals surface area contributed by atoms with Gasteiger partial charge in [0.25, 0.3) is 0 Å². The molecule has 2 aromatic rings. The number of rotatable bonds is 7. The third-order valence-electron chi connectivity index (χ3n) is 8.23. The number of aliphatic hydroxyl groups excluding tert-OH is 1. The molecule has 0 radical (unpaired) electrons. The van der Waals surface area contributed by atoms with E-state index in [4.69, 9.17) is 11.5 Å². The third kappa shape index (κ3) is 6.47. The summed E-state index contributed by atoms with van der Waals surface area (Å²) >= 11 is 0. The van der Waals surface area contributed by atoms with Gasteiger partial charge in [0.15, 0.2) is 0 Å². The molecular weight excluding hydrogens is 536 g/mol. The second-order valence-corrected chi connectivity index (χ2v) is 11.4. The number of urea groups is 1. The largest absolute Gasteiger partial charge is 0.394 e. The summed E-state index contributed by atoms with van der Waals surface area (Å²) in [4.78, 5) is 47.4. The fourth-order valence-electron chi connectivity index (χ4n) is 5.52. The number of nitrogens with one attached hydrogen (secondary N) is 1. The van der Waals surface area contributed by atoms with Crippen molar-refractivity contribution in [2.45, 2.75) is 37.3 Å². The van der Waals surface area contributed by atoms with Gasteiger partial charge in [-0.15, -0.1) is 12.4 Å². The zero-order valence-electron chi connectivity index (χ0n) is 22.8. The van der Waals surface area contributed by atoms with Crippen LogP contribution in [0.25, 0.3) is 5.69 Å². The summed E-state index contributed by atoms with van der Waals surface area (Å²) in [5.74, 6) is 0.517. The maximum atomic E-state index is 12.7. The van der Waals surface area contributed by atoms with Crippen molar-refractivity contribution in [2.24, 2.45) is 17.4 Å². The summed E-state index contributed by atoms with van der Waals surface area (Å²) in [5, 5.41) is 12.0. The lowest BCUT2D eigenvalue weighted by molar-refractivity contribution is -0.139. The molecule has 1 aliphatic carbocycles. The number of likely N-dealkylation sites (tertiary alicyclic amines) is 1. The number of hydrogen-bond donors (Lipinski definition) is 4. The molecule has 1 aromatic heterocycles. The molecule has 12 nitrogen and oxygen atoms in total. The number of piperazine rings is 1. The Balaban J connectivity index is 0.00000370. The van der Waals surface area contributed by atoms with Gasteiger partial charge in [-0.2, -0.15) is 4.98 Å². The lowest BCUT2D eigenvalue weighted by Crippen LogP contribution is -2.60. The number of hydrogen-bond acceptors (Lipinski definition) is 8. The molecule has 13 heteroatoms. The van der Waals surface area contributed by atoms with Crippen LogP contribution in [0, 0.1) is 5.92 Å². The first-order valence-corrected chi connectivity index (χ1v) is 13.5. The molecule has 1 saturated carbocycles. The molecule has 3 aliphatic rings. The van der Waals surface area contributed by atoms with Crippen LogP contribution >= 0.6 is 12.4 Å². The lowest BCUT2D eigenvalue weighted by Gasteiger charge is -2.37. The molecule has 6 N–H and O–H groups in total. The Bertz CT molecular complexity index is 1280. The first-order chi connectivity index (χ1) is 18.6. The Hall–Kier alpha value is -3.03. The summed E-state index contributed by atoms with van der Waals surface area (Å²) < 4.78 is 1.44. The molecule has 2 saturated heterocycles. The van der Waals surface area contributed by atoms with Crippen molar-refractivity contribution in [3.8, 4) is 5.69 Å². The van der Waals surface area contributed by atoms with Crippen LogP contribution in [0.4, 0.5) is 10.6 Å². The molecule has 2 unspecified atom stereocenters. The highest BCUT2D eigenvalue weighted by Gasteiger charge is 2.53. The van der Waals surface area contributed by atoms with E-state index < -0.39 is 23.9 Å². The molecule has 0 bridgehead atoms. The van der Waals surface area contributed by atoms with E-state index >= 15 is 0 Å². The van der Waals surface area contributed by atoms with Crippen molar-refractivity contribution < 1.29 is 14.7 Å². The molecule has 218 valence electrons. The number of carbonyl (C=O) groups is 2. The molecule has 2 aliphatic heterocycles. The van der Waals surface area contributed by atoms with Crippen LogP contribution < -0.4 is 22.5 Å². The summed E-state index contributed by atoms with van der Waals surface area (Å²) in [6, 6.07) is 9.03. The first kappa shape index (κ1) is 29.9. The lowest BCUT2D eigenvalue weighted by atomic mass is 10.0. The highest BCUT2D eigenvalue weighted by atomic mass is 35.5. The summed E-state index contributed by atoms with van der Waals surface area (Å²) in [6.07, 6.45) is 4.87. The van der Waals surface area contributed by atoms with Gasteiger partial charge in [0, 0.05) is 51.0 Å². The van der Waals surface area contributed by atoms with Crippen molar-refractivity contribution in [2.75, 3.05) is 57.7 Å². The number of carbonyl (C=O) groups excluding carboxylic acids is 2. The van der Waals surface area contributed by atoms with Gasteiger partial charge in [-0.25, -0.2) is 9.59 Å². The predicted octanol–water partition coefficient (Wildman–Crippen LogP) is 0.00570. The number of fused-ring (bicyclic) bond motifs is 1. The van der Waals surface area contributed by atoms with Gasteiger partial charge in [-0.05, 0) is 62.4 Å².